The van der Waals surface area contributed by atoms with Gasteiger partial charge in [0.1, 0.15) is 0 Å². The molecule has 2 rings (SSSR count). The van der Waals surface area contributed by atoms with Crippen LogP contribution in [0.4, 0.5) is 4.79 Å². The van der Waals surface area contributed by atoms with Crippen molar-refractivity contribution in [2.24, 2.45) is 0 Å². The average Bonchev–Trinajstić information content (AvgIpc) is 2.57. The number of carbonyl (C=O) groups excluding carboxylic acids is 2. The lowest BCUT2D eigenvalue weighted by Gasteiger charge is -2.22. The third kappa shape index (κ3) is 4.22. The van der Waals surface area contributed by atoms with Gasteiger partial charge in [-0.15, -0.1) is 0 Å². The molecule has 0 radical (unpaired) electrons. The lowest BCUT2D eigenvalue weighted by atomic mass is 9.86. The lowest BCUT2D eigenvalue weighted by Crippen LogP contribution is -2.28. The molecule has 1 aromatic carbocycles. The molecule has 0 saturated heterocycles. The molecule has 23 heavy (non-hydrogen) atoms. The molecule has 0 bridgehead atoms. The van der Waals surface area contributed by atoms with E-state index in [0.29, 0.717) is 6.54 Å². The molecule has 0 aliphatic heterocycles. The van der Waals surface area contributed by atoms with Crippen LogP contribution in [0.3, 0.4) is 0 Å². The van der Waals surface area contributed by atoms with E-state index in [9.17, 15) is 9.59 Å². The van der Waals surface area contributed by atoms with Crippen LogP contribution >= 0.6 is 15.9 Å². The number of aldehydes is 1. The molecule has 1 aliphatic rings. The monoisotopic (exact) mass is 379 g/mol. The van der Waals surface area contributed by atoms with E-state index in [1.54, 1.807) is 0 Å². The Morgan fingerprint density at radius 1 is 1.43 bits per heavy atom. The van der Waals surface area contributed by atoms with Crippen LogP contribution in [0, 0.1) is 0 Å². The second-order valence-corrected chi connectivity index (χ2v) is 6.67. The van der Waals surface area contributed by atoms with Crippen LogP contribution in [0.2, 0.25) is 0 Å². The fourth-order valence-corrected chi connectivity index (χ4v) is 3.51. The molecule has 1 aromatic rings. The molecular weight excluding hydrogens is 358 g/mol. The first-order valence-corrected chi connectivity index (χ1v) is 8.68. The quantitative estimate of drug-likeness (QED) is 0.754. The standard InChI is InChI=1S/C18H22BrNO3/c1-3-4-14(10-20-18(22)23-2)12-5-7-15-13(9-12)6-8-17(19)16(15)11-21/h5,7,9,11,14H,3-4,6,8,10H2,1-2H3,(H,20,22). The lowest BCUT2D eigenvalue weighted by molar-refractivity contribution is -0.103. The molecule has 4 nitrogen and oxygen atoms in total. The molecule has 0 saturated carbocycles. The fourth-order valence-electron chi connectivity index (χ4n) is 3.00. The number of fused-ring (bicyclic) bond motifs is 1. The Morgan fingerprint density at radius 2 is 2.22 bits per heavy atom. The van der Waals surface area contributed by atoms with Crippen molar-refractivity contribution in [3.8, 4) is 0 Å². The molecule has 0 heterocycles. The van der Waals surface area contributed by atoms with E-state index in [-0.39, 0.29) is 5.92 Å². The summed E-state index contributed by atoms with van der Waals surface area (Å²) >= 11 is 3.49. The molecule has 1 atom stereocenters. The van der Waals surface area contributed by atoms with Crippen LogP contribution < -0.4 is 5.32 Å². The zero-order chi connectivity index (χ0) is 16.8. The fraction of sp³-hybridized carbons (Fsp3) is 0.444. The first-order valence-electron chi connectivity index (χ1n) is 7.89. The van der Waals surface area contributed by atoms with Gasteiger partial charge >= 0.3 is 6.09 Å². The third-order valence-corrected chi connectivity index (χ3v) is 5.05. The van der Waals surface area contributed by atoms with Crippen molar-refractivity contribution in [3.05, 3.63) is 39.4 Å². The maximum Gasteiger partial charge on any atom is 0.406 e. The summed E-state index contributed by atoms with van der Waals surface area (Å²) < 4.78 is 5.62. The molecule has 1 amide bonds. The minimum absolute atomic E-state index is 0.249. The number of benzene rings is 1. The number of halogens is 1. The van der Waals surface area contributed by atoms with Gasteiger partial charge < -0.3 is 10.1 Å². The summed E-state index contributed by atoms with van der Waals surface area (Å²) in [6.45, 7) is 2.69. The number of hydrogen-bond donors (Lipinski definition) is 1. The van der Waals surface area contributed by atoms with Crippen LogP contribution in [0.1, 0.15) is 48.8 Å². The first kappa shape index (κ1) is 17.7. The molecule has 0 aromatic heterocycles. The summed E-state index contributed by atoms with van der Waals surface area (Å²) in [4.78, 5) is 22.6. The Labute approximate surface area is 145 Å². The normalized spacial score (nSPS) is 14.9. The summed E-state index contributed by atoms with van der Waals surface area (Å²) in [6, 6.07) is 6.26. The van der Waals surface area contributed by atoms with Crippen molar-refractivity contribution < 1.29 is 14.3 Å². The van der Waals surface area contributed by atoms with Crippen molar-refractivity contribution in [1.29, 1.82) is 0 Å². The van der Waals surface area contributed by atoms with Gasteiger partial charge in [-0.1, -0.05) is 47.5 Å². The molecule has 1 N–H and O–H groups in total. The number of carbonyl (C=O) groups is 2. The summed E-state index contributed by atoms with van der Waals surface area (Å²) in [5.41, 5.74) is 4.16. The Bertz CT molecular complexity index is 625. The number of aryl methyl sites for hydroxylation is 1. The Hall–Kier alpha value is -1.62. The summed E-state index contributed by atoms with van der Waals surface area (Å²) in [5.74, 6) is 0.249. The minimum atomic E-state index is -0.404. The van der Waals surface area contributed by atoms with Crippen molar-refractivity contribution in [2.75, 3.05) is 13.7 Å². The van der Waals surface area contributed by atoms with Gasteiger partial charge in [0, 0.05) is 22.5 Å². The van der Waals surface area contributed by atoms with Crippen LogP contribution in [0.25, 0.3) is 5.57 Å². The number of methoxy groups -OCH3 is 1. The molecule has 5 heteroatoms. The smallest absolute Gasteiger partial charge is 0.406 e. The maximum atomic E-state index is 11.3. The molecular formula is C18H22BrNO3. The number of ether oxygens (including phenoxy) is 1. The molecule has 1 aliphatic carbocycles. The van der Waals surface area contributed by atoms with Gasteiger partial charge in [0.25, 0.3) is 0 Å². The SMILES string of the molecule is CCCC(CNC(=O)OC)c1ccc2c(c1)CCC(Br)=C2C=O. The first-order chi connectivity index (χ1) is 11.1. The predicted octanol–water partition coefficient (Wildman–Crippen LogP) is 4.18. The molecule has 1 unspecified atom stereocenters. The van der Waals surface area contributed by atoms with E-state index in [4.69, 9.17) is 0 Å². The number of allylic oxidation sites excluding steroid dienone is 2. The second kappa shape index (κ2) is 8.29. The van der Waals surface area contributed by atoms with Gasteiger partial charge in [-0.25, -0.2) is 4.79 Å². The van der Waals surface area contributed by atoms with Gasteiger partial charge in [-0.3, -0.25) is 4.79 Å². The van der Waals surface area contributed by atoms with E-state index in [0.717, 1.165) is 47.6 Å². The summed E-state index contributed by atoms with van der Waals surface area (Å²) in [6.07, 6.45) is 4.32. The highest BCUT2D eigenvalue weighted by molar-refractivity contribution is 9.11. The highest BCUT2D eigenvalue weighted by Gasteiger charge is 2.20. The van der Waals surface area contributed by atoms with E-state index in [2.05, 4.69) is 45.0 Å². The number of rotatable bonds is 6. The van der Waals surface area contributed by atoms with Gasteiger partial charge in [0.15, 0.2) is 6.29 Å². The van der Waals surface area contributed by atoms with Gasteiger partial charge in [-0.2, -0.15) is 0 Å². The average molecular weight is 380 g/mol. The van der Waals surface area contributed by atoms with Crippen molar-refractivity contribution in [3.63, 3.8) is 0 Å². The number of hydrogen-bond acceptors (Lipinski definition) is 3. The van der Waals surface area contributed by atoms with Gasteiger partial charge in [-0.05, 0) is 36.0 Å². The van der Waals surface area contributed by atoms with Gasteiger partial charge in [0.05, 0.1) is 7.11 Å². The molecule has 124 valence electrons. The minimum Gasteiger partial charge on any atom is -0.453 e. The topological polar surface area (TPSA) is 55.4 Å². The van der Waals surface area contributed by atoms with Gasteiger partial charge in [0.2, 0.25) is 0 Å². The second-order valence-electron chi connectivity index (χ2n) is 5.71. The zero-order valence-electron chi connectivity index (χ0n) is 13.5. The van der Waals surface area contributed by atoms with Crippen LogP contribution in [-0.4, -0.2) is 26.0 Å². The Kier molecular flexibility index (Phi) is 6.39. The summed E-state index contributed by atoms with van der Waals surface area (Å²) in [7, 11) is 1.37. The number of nitrogens with one attached hydrogen (secondary N) is 1. The molecule has 0 fully saturated rings. The Morgan fingerprint density at radius 3 is 2.87 bits per heavy atom. The van der Waals surface area contributed by atoms with E-state index in [1.807, 2.05) is 6.07 Å². The van der Waals surface area contributed by atoms with Crippen molar-refractivity contribution >= 4 is 33.9 Å². The van der Waals surface area contributed by atoms with Crippen LogP contribution in [0.15, 0.2) is 22.7 Å². The van der Waals surface area contributed by atoms with Crippen LogP contribution in [0.5, 0.6) is 0 Å². The van der Waals surface area contributed by atoms with Crippen molar-refractivity contribution in [1.82, 2.24) is 5.32 Å². The molecule has 0 spiro atoms. The predicted molar refractivity (Wildman–Crippen MR) is 94.7 cm³/mol. The Balaban J connectivity index is 2.25. The van der Waals surface area contributed by atoms with E-state index in [1.165, 1.54) is 18.2 Å². The highest BCUT2D eigenvalue weighted by atomic mass is 79.9. The van der Waals surface area contributed by atoms with E-state index < -0.39 is 6.09 Å². The third-order valence-electron chi connectivity index (χ3n) is 4.23. The summed E-state index contributed by atoms with van der Waals surface area (Å²) in [5, 5.41) is 2.79. The zero-order valence-corrected chi connectivity index (χ0v) is 15.1. The van der Waals surface area contributed by atoms with Crippen LogP contribution in [-0.2, 0) is 16.0 Å². The van der Waals surface area contributed by atoms with Crippen molar-refractivity contribution in [2.45, 2.75) is 38.5 Å². The number of alkyl carbamates (subject to hydrolysis) is 1. The number of amides is 1. The highest BCUT2D eigenvalue weighted by Crippen LogP contribution is 2.35. The maximum absolute atomic E-state index is 11.3. The largest absolute Gasteiger partial charge is 0.453 e. The van der Waals surface area contributed by atoms with E-state index >= 15 is 0 Å².